The molecule has 3 nitrogen and oxygen atoms in total. The molecule has 2 heterocycles. The van der Waals surface area contributed by atoms with Gasteiger partial charge in [-0.3, -0.25) is 9.78 Å². The summed E-state index contributed by atoms with van der Waals surface area (Å²) >= 11 is 13.3. The molecule has 0 N–H and O–H groups in total. The van der Waals surface area contributed by atoms with Gasteiger partial charge < -0.3 is 4.57 Å². The van der Waals surface area contributed by atoms with E-state index in [1.54, 1.807) is 36.9 Å². The normalized spacial score (nSPS) is 9.52. The van der Waals surface area contributed by atoms with Crippen LogP contribution in [0.15, 0.2) is 120 Å². The van der Waals surface area contributed by atoms with E-state index in [9.17, 15) is 4.79 Å². The van der Waals surface area contributed by atoms with Gasteiger partial charge in [-0.25, -0.2) is 0 Å². The number of rotatable bonds is 1. The summed E-state index contributed by atoms with van der Waals surface area (Å²) in [5, 5.41) is 0. The second-order valence-electron chi connectivity index (χ2n) is 5.52. The summed E-state index contributed by atoms with van der Waals surface area (Å²) in [4.78, 5) is 14.7. The molecule has 0 spiro atoms. The van der Waals surface area contributed by atoms with Crippen molar-refractivity contribution in [1.82, 2.24) is 9.55 Å². The molecular formula is C22H16Br4N2O. The summed E-state index contributed by atoms with van der Waals surface area (Å²) in [5.41, 5.74) is 1.06. The zero-order valence-electron chi connectivity index (χ0n) is 15.1. The molecule has 29 heavy (non-hydrogen) atoms. The highest BCUT2D eigenvalue weighted by atomic mass is 79.9. The van der Waals surface area contributed by atoms with Crippen LogP contribution < -0.4 is 5.43 Å². The van der Waals surface area contributed by atoms with Gasteiger partial charge in [0, 0.05) is 60.5 Å². The second kappa shape index (κ2) is 12.9. The van der Waals surface area contributed by atoms with E-state index in [4.69, 9.17) is 0 Å². The third-order valence-corrected chi connectivity index (χ3v) is 5.48. The monoisotopic (exact) mass is 640 g/mol. The van der Waals surface area contributed by atoms with Crippen molar-refractivity contribution in [3.63, 3.8) is 0 Å². The summed E-state index contributed by atoms with van der Waals surface area (Å²) in [6.45, 7) is 0. The van der Waals surface area contributed by atoms with Crippen LogP contribution in [0.2, 0.25) is 0 Å². The maximum atomic E-state index is 10.9. The average molecular weight is 644 g/mol. The molecule has 0 bridgehead atoms. The molecule has 0 unspecified atom stereocenters. The molecule has 148 valence electrons. The van der Waals surface area contributed by atoms with Crippen LogP contribution in [0.3, 0.4) is 0 Å². The Balaban J connectivity index is 0.000000170. The number of nitrogens with zero attached hydrogens (tertiary/aromatic N) is 2. The predicted molar refractivity (Wildman–Crippen MR) is 134 cm³/mol. The number of pyridine rings is 2. The largest absolute Gasteiger partial charge is 0.324 e. The van der Waals surface area contributed by atoms with Crippen LogP contribution in [-0.4, -0.2) is 9.55 Å². The SMILES string of the molecule is Brc1ccc(Br)cc1.Brc1ccncc1.O=c1ccn(-c2ccc(Br)cc2)cc1. The number of hydrogen-bond acceptors (Lipinski definition) is 2. The highest BCUT2D eigenvalue weighted by Crippen LogP contribution is 2.14. The fourth-order valence-electron chi connectivity index (χ4n) is 1.96. The number of benzene rings is 2. The Labute approximate surface area is 203 Å². The molecule has 0 aliphatic carbocycles. The molecule has 4 rings (SSSR count). The Kier molecular flexibility index (Phi) is 10.6. The van der Waals surface area contributed by atoms with E-state index in [1.807, 2.05) is 65.2 Å². The predicted octanol–water partition coefficient (Wildman–Crippen LogP) is 7.66. The van der Waals surface area contributed by atoms with E-state index in [0.29, 0.717) is 0 Å². The van der Waals surface area contributed by atoms with E-state index in [2.05, 4.69) is 68.7 Å². The molecular weight excluding hydrogens is 628 g/mol. The van der Waals surface area contributed by atoms with Crippen molar-refractivity contribution in [1.29, 1.82) is 0 Å². The Morgan fingerprint density at radius 3 is 1.31 bits per heavy atom. The van der Waals surface area contributed by atoms with Crippen molar-refractivity contribution in [2.75, 3.05) is 0 Å². The van der Waals surface area contributed by atoms with E-state index in [0.717, 1.165) is 23.6 Å². The Morgan fingerprint density at radius 2 is 0.931 bits per heavy atom. The van der Waals surface area contributed by atoms with Gasteiger partial charge in [-0.05, 0) is 60.7 Å². The molecule has 0 fully saturated rings. The molecule has 0 amide bonds. The summed E-state index contributed by atoms with van der Waals surface area (Å²) in [7, 11) is 0. The van der Waals surface area contributed by atoms with Gasteiger partial charge in [0.1, 0.15) is 0 Å². The maximum Gasteiger partial charge on any atom is 0.181 e. The molecule has 0 aliphatic rings. The van der Waals surface area contributed by atoms with Crippen molar-refractivity contribution in [3.05, 3.63) is 126 Å². The molecule has 7 heteroatoms. The summed E-state index contributed by atoms with van der Waals surface area (Å²) in [5.74, 6) is 0. The van der Waals surface area contributed by atoms with Crippen LogP contribution in [0.1, 0.15) is 0 Å². The quantitative estimate of drug-likeness (QED) is 0.214. The molecule has 0 saturated heterocycles. The lowest BCUT2D eigenvalue weighted by Gasteiger charge is -2.04. The Bertz CT molecular complexity index is 1010. The maximum absolute atomic E-state index is 10.9. The van der Waals surface area contributed by atoms with E-state index < -0.39 is 0 Å². The van der Waals surface area contributed by atoms with Crippen LogP contribution in [-0.2, 0) is 0 Å². The zero-order chi connectivity index (χ0) is 21.1. The van der Waals surface area contributed by atoms with Crippen LogP contribution >= 0.6 is 63.7 Å². The minimum Gasteiger partial charge on any atom is -0.324 e. The van der Waals surface area contributed by atoms with Crippen molar-refractivity contribution in [3.8, 4) is 5.69 Å². The highest BCUT2D eigenvalue weighted by Gasteiger charge is 1.93. The zero-order valence-corrected chi connectivity index (χ0v) is 21.4. The van der Waals surface area contributed by atoms with Gasteiger partial charge in [0.25, 0.3) is 0 Å². The molecule has 0 saturated carbocycles. The van der Waals surface area contributed by atoms with Gasteiger partial charge >= 0.3 is 0 Å². The number of halogens is 4. The minimum atomic E-state index is 0.0263. The smallest absolute Gasteiger partial charge is 0.181 e. The van der Waals surface area contributed by atoms with Crippen LogP contribution in [0.4, 0.5) is 0 Å². The van der Waals surface area contributed by atoms with Crippen molar-refractivity contribution < 1.29 is 0 Å². The third kappa shape index (κ3) is 9.67. The Hall–Kier alpha value is -1.54. The highest BCUT2D eigenvalue weighted by molar-refractivity contribution is 9.11. The van der Waals surface area contributed by atoms with Gasteiger partial charge in [0.05, 0.1) is 0 Å². The molecule has 2 aromatic heterocycles. The first-order valence-electron chi connectivity index (χ1n) is 8.35. The van der Waals surface area contributed by atoms with Crippen LogP contribution in [0, 0.1) is 0 Å². The van der Waals surface area contributed by atoms with Gasteiger partial charge in [0.15, 0.2) is 5.43 Å². The molecule has 4 aromatic rings. The molecule has 0 radical (unpaired) electrons. The van der Waals surface area contributed by atoms with E-state index >= 15 is 0 Å². The minimum absolute atomic E-state index is 0.0263. The number of aromatic nitrogens is 2. The first-order chi connectivity index (χ1) is 13.9. The van der Waals surface area contributed by atoms with Gasteiger partial charge in [-0.15, -0.1) is 0 Å². The van der Waals surface area contributed by atoms with Gasteiger partial charge in [-0.1, -0.05) is 63.7 Å². The number of hydrogen-bond donors (Lipinski definition) is 0. The fraction of sp³-hybridized carbons (Fsp3) is 0. The first-order valence-corrected chi connectivity index (χ1v) is 11.5. The van der Waals surface area contributed by atoms with Crippen LogP contribution in [0.5, 0.6) is 0 Å². The lowest BCUT2D eigenvalue weighted by Crippen LogP contribution is -2.01. The van der Waals surface area contributed by atoms with E-state index in [1.165, 1.54) is 0 Å². The summed E-state index contributed by atoms with van der Waals surface area (Å²) in [6, 6.07) is 22.7. The standard InChI is InChI=1S/C11H8BrNO.C6H4Br2.C5H4BrN/c12-9-1-3-10(4-2-9)13-7-5-11(14)6-8-13;7-5-1-2-6(8)4-3-5;6-5-1-3-7-4-2-5/h1-8H;1-4H;1-4H. The van der Waals surface area contributed by atoms with Crippen molar-refractivity contribution >= 4 is 63.7 Å². The van der Waals surface area contributed by atoms with E-state index in [-0.39, 0.29) is 5.43 Å². The molecule has 0 aliphatic heterocycles. The lowest BCUT2D eigenvalue weighted by molar-refractivity contribution is 1.04. The van der Waals surface area contributed by atoms with Gasteiger partial charge in [0.2, 0.25) is 0 Å². The Morgan fingerprint density at radius 1 is 0.552 bits per heavy atom. The second-order valence-corrected chi connectivity index (χ2v) is 9.18. The fourth-order valence-corrected chi connectivity index (χ4v) is 2.99. The summed E-state index contributed by atoms with van der Waals surface area (Å²) < 4.78 is 6.24. The first kappa shape index (κ1) is 23.7. The third-order valence-electron chi connectivity index (χ3n) is 3.37. The molecule has 0 atom stereocenters. The average Bonchev–Trinajstić information content (AvgIpc) is 2.73. The van der Waals surface area contributed by atoms with Gasteiger partial charge in [-0.2, -0.15) is 0 Å². The van der Waals surface area contributed by atoms with Crippen molar-refractivity contribution in [2.24, 2.45) is 0 Å². The van der Waals surface area contributed by atoms with Crippen molar-refractivity contribution in [2.45, 2.75) is 0 Å². The lowest BCUT2D eigenvalue weighted by atomic mass is 10.3. The van der Waals surface area contributed by atoms with Crippen LogP contribution in [0.25, 0.3) is 5.69 Å². The molecule has 2 aromatic carbocycles. The summed E-state index contributed by atoms with van der Waals surface area (Å²) in [6.07, 6.45) is 6.99. The topological polar surface area (TPSA) is 34.9 Å².